The third-order valence-electron chi connectivity index (χ3n) is 4.60. The van der Waals surface area contributed by atoms with Gasteiger partial charge < -0.3 is 5.32 Å². The summed E-state index contributed by atoms with van der Waals surface area (Å²) >= 11 is 0. The zero-order valence-corrected chi connectivity index (χ0v) is 11.2. The van der Waals surface area contributed by atoms with Gasteiger partial charge in [0.05, 0.1) is 0 Å². The van der Waals surface area contributed by atoms with Gasteiger partial charge in [-0.3, -0.25) is 4.90 Å². The van der Waals surface area contributed by atoms with Crippen LogP contribution in [-0.2, 0) is 0 Å². The summed E-state index contributed by atoms with van der Waals surface area (Å²) in [6, 6.07) is 2.57. The zero-order valence-electron chi connectivity index (χ0n) is 11.2. The van der Waals surface area contributed by atoms with Gasteiger partial charge >= 0.3 is 0 Å². The number of rotatable bonds is 5. The number of piperidine rings is 1. The van der Waals surface area contributed by atoms with E-state index in [1.165, 1.54) is 38.6 Å². The van der Waals surface area contributed by atoms with Crippen molar-refractivity contribution < 1.29 is 0 Å². The van der Waals surface area contributed by atoms with Gasteiger partial charge in [0.15, 0.2) is 0 Å². The molecule has 0 aromatic heterocycles. The fourth-order valence-corrected chi connectivity index (χ4v) is 3.52. The summed E-state index contributed by atoms with van der Waals surface area (Å²) in [7, 11) is 0. The van der Waals surface area contributed by atoms with E-state index in [-0.39, 0.29) is 0 Å². The Balaban J connectivity index is 1.89. The van der Waals surface area contributed by atoms with E-state index >= 15 is 0 Å². The quantitative estimate of drug-likeness (QED) is 0.772. The van der Waals surface area contributed by atoms with Crippen LogP contribution in [0.4, 0.5) is 0 Å². The molecule has 2 heterocycles. The molecule has 3 atom stereocenters. The largest absolute Gasteiger partial charge is 0.314 e. The Kier molecular flexibility index (Phi) is 4.26. The standard InChI is InChI=1S/C14H28N2/c1-4-11(3)10-16-13-6-7-14(16)9-12(8-13)15-5-2/h11-15H,4-10H2,1-3H3. The predicted molar refractivity (Wildman–Crippen MR) is 69.7 cm³/mol. The van der Waals surface area contributed by atoms with Crippen LogP contribution in [-0.4, -0.2) is 36.1 Å². The molecule has 2 saturated heterocycles. The monoisotopic (exact) mass is 224 g/mol. The maximum absolute atomic E-state index is 3.65. The van der Waals surface area contributed by atoms with E-state index in [9.17, 15) is 0 Å². The Morgan fingerprint density at radius 2 is 1.81 bits per heavy atom. The highest BCUT2D eigenvalue weighted by atomic mass is 15.2. The summed E-state index contributed by atoms with van der Waals surface area (Å²) in [6.45, 7) is 9.42. The van der Waals surface area contributed by atoms with Crippen LogP contribution in [0.1, 0.15) is 52.9 Å². The number of nitrogens with zero attached hydrogens (tertiary/aromatic N) is 1. The molecule has 0 saturated carbocycles. The van der Waals surface area contributed by atoms with Crippen LogP contribution in [0.5, 0.6) is 0 Å². The second kappa shape index (κ2) is 5.50. The van der Waals surface area contributed by atoms with Gasteiger partial charge in [-0.05, 0) is 38.1 Å². The van der Waals surface area contributed by atoms with Crippen molar-refractivity contribution in [2.75, 3.05) is 13.1 Å². The fourth-order valence-electron chi connectivity index (χ4n) is 3.52. The third kappa shape index (κ3) is 2.60. The molecule has 0 aromatic rings. The molecule has 2 heteroatoms. The average Bonchev–Trinajstić information content (AvgIpc) is 2.52. The van der Waals surface area contributed by atoms with Crippen LogP contribution in [0.25, 0.3) is 0 Å². The van der Waals surface area contributed by atoms with Crippen LogP contribution >= 0.6 is 0 Å². The second-order valence-corrected chi connectivity index (χ2v) is 5.82. The van der Waals surface area contributed by atoms with Crippen molar-refractivity contribution in [3.05, 3.63) is 0 Å². The van der Waals surface area contributed by atoms with Crippen LogP contribution in [0.15, 0.2) is 0 Å². The lowest BCUT2D eigenvalue weighted by Crippen LogP contribution is -2.50. The van der Waals surface area contributed by atoms with Gasteiger partial charge in [-0.15, -0.1) is 0 Å². The first-order valence-electron chi connectivity index (χ1n) is 7.23. The minimum atomic E-state index is 0.802. The molecule has 2 rings (SSSR count). The van der Waals surface area contributed by atoms with Crippen molar-refractivity contribution in [3.8, 4) is 0 Å². The highest BCUT2D eigenvalue weighted by Crippen LogP contribution is 2.36. The first-order valence-corrected chi connectivity index (χ1v) is 7.23. The molecule has 2 aliphatic heterocycles. The lowest BCUT2D eigenvalue weighted by atomic mass is 9.95. The molecule has 0 aliphatic carbocycles. The molecule has 2 fully saturated rings. The van der Waals surface area contributed by atoms with Gasteiger partial charge in [-0.25, -0.2) is 0 Å². The van der Waals surface area contributed by atoms with Crippen molar-refractivity contribution in [1.29, 1.82) is 0 Å². The van der Waals surface area contributed by atoms with Gasteiger partial charge in [0.25, 0.3) is 0 Å². The molecule has 16 heavy (non-hydrogen) atoms. The fraction of sp³-hybridized carbons (Fsp3) is 1.00. The van der Waals surface area contributed by atoms with E-state index in [1.54, 1.807) is 0 Å². The third-order valence-corrected chi connectivity index (χ3v) is 4.60. The number of nitrogens with one attached hydrogen (secondary N) is 1. The first-order chi connectivity index (χ1) is 7.74. The smallest absolute Gasteiger partial charge is 0.0114 e. The molecular formula is C14H28N2. The molecule has 3 unspecified atom stereocenters. The van der Waals surface area contributed by atoms with Crippen molar-refractivity contribution in [2.24, 2.45) is 5.92 Å². The highest BCUT2D eigenvalue weighted by Gasteiger charge is 2.40. The van der Waals surface area contributed by atoms with Crippen LogP contribution in [0.2, 0.25) is 0 Å². The Morgan fingerprint density at radius 1 is 1.19 bits per heavy atom. The molecule has 0 radical (unpaired) electrons. The molecule has 94 valence electrons. The lowest BCUT2D eigenvalue weighted by Gasteiger charge is -2.40. The highest BCUT2D eigenvalue weighted by molar-refractivity contribution is 4.97. The Labute approximate surface area is 101 Å². The summed E-state index contributed by atoms with van der Waals surface area (Å²) in [5, 5.41) is 3.65. The number of fused-ring (bicyclic) bond motifs is 2. The maximum Gasteiger partial charge on any atom is 0.0114 e. The maximum atomic E-state index is 3.65. The second-order valence-electron chi connectivity index (χ2n) is 5.82. The summed E-state index contributed by atoms with van der Waals surface area (Å²) in [6.07, 6.45) is 7.00. The average molecular weight is 224 g/mol. The number of hydrogen-bond acceptors (Lipinski definition) is 2. The van der Waals surface area contributed by atoms with Gasteiger partial charge in [0.1, 0.15) is 0 Å². The minimum absolute atomic E-state index is 0.802. The summed E-state index contributed by atoms with van der Waals surface area (Å²) in [5.41, 5.74) is 0. The van der Waals surface area contributed by atoms with Gasteiger partial charge in [0, 0.05) is 24.7 Å². The normalized spacial score (nSPS) is 36.6. The molecule has 1 N–H and O–H groups in total. The summed E-state index contributed by atoms with van der Waals surface area (Å²) in [5.74, 6) is 0.874. The van der Waals surface area contributed by atoms with Crippen LogP contribution in [0, 0.1) is 5.92 Å². The van der Waals surface area contributed by atoms with E-state index in [2.05, 4.69) is 31.0 Å². The van der Waals surface area contributed by atoms with Crippen molar-refractivity contribution in [1.82, 2.24) is 10.2 Å². The van der Waals surface area contributed by atoms with E-state index in [4.69, 9.17) is 0 Å². The van der Waals surface area contributed by atoms with Crippen molar-refractivity contribution in [2.45, 2.75) is 71.0 Å². The molecule has 0 aromatic carbocycles. The van der Waals surface area contributed by atoms with Crippen molar-refractivity contribution in [3.63, 3.8) is 0 Å². The zero-order chi connectivity index (χ0) is 11.5. The predicted octanol–water partition coefficient (Wildman–Crippen LogP) is 2.64. The summed E-state index contributed by atoms with van der Waals surface area (Å²) < 4.78 is 0. The molecule has 2 nitrogen and oxygen atoms in total. The minimum Gasteiger partial charge on any atom is -0.314 e. The SMILES string of the molecule is CCNC1CC2CCC(C1)N2CC(C)CC. The van der Waals surface area contributed by atoms with Crippen LogP contribution < -0.4 is 5.32 Å². The van der Waals surface area contributed by atoms with Crippen LogP contribution in [0.3, 0.4) is 0 Å². The molecular weight excluding hydrogens is 196 g/mol. The van der Waals surface area contributed by atoms with Gasteiger partial charge in [0.2, 0.25) is 0 Å². The van der Waals surface area contributed by atoms with E-state index in [0.717, 1.165) is 30.6 Å². The van der Waals surface area contributed by atoms with Gasteiger partial charge in [-0.1, -0.05) is 27.2 Å². The Hall–Kier alpha value is -0.0800. The van der Waals surface area contributed by atoms with E-state index in [1.807, 2.05) is 0 Å². The summed E-state index contributed by atoms with van der Waals surface area (Å²) in [4.78, 5) is 2.82. The molecule has 2 bridgehead atoms. The molecule has 0 amide bonds. The topological polar surface area (TPSA) is 15.3 Å². The van der Waals surface area contributed by atoms with E-state index in [0.29, 0.717) is 0 Å². The molecule has 2 aliphatic rings. The molecule has 0 spiro atoms. The number of hydrogen-bond donors (Lipinski definition) is 1. The van der Waals surface area contributed by atoms with Crippen molar-refractivity contribution >= 4 is 0 Å². The van der Waals surface area contributed by atoms with Gasteiger partial charge in [-0.2, -0.15) is 0 Å². The first kappa shape index (κ1) is 12.4. The lowest BCUT2D eigenvalue weighted by molar-refractivity contribution is 0.100. The van der Waals surface area contributed by atoms with E-state index < -0.39 is 0 Å². The Morgan fingerprint density at radius 3 is 2.31 bits per heavy atom. The Bertz CT molecular complexity index is 203.